The lowest BCUT2D eigenvalue weighted by Crippen LogP contribution is -2.37. The molecular weight excluding hydrogens is 236 g/mol. The number of piperidine rings is 1. The number of halogens is 1. The molecule has 1 aliphatic rings. The summed E-state index contributed by atoms with van der Waals surface area (Å²) in [6, 6.07) is 5.51. The van der Waals surface area contributed by atoms with Crippen LogP contribution in [0, 0.1) is 12.8 Å². The van der Waals surface area contributed by atoms with Crippen LogP contribution >= 0.6 is 11.6 Å². The predicted molar refractivity (Wildman–Crippen MR) is 70.4 cm³/mol. The van der Waals surface area contributed by atoms with Crippen molar-refractivity contribution in [2.45, 2.75) is 19.8 Å². The maximum atomic E-state index is 12.0. The van der Waals surface area contributed by atoms with Gasteiger partial charge in [-0.3, -0.25) is 4.79 Å². The van der Waals surface area contributed by atoms with Gasteiger partial charge >= 0.3 is 0 Å². The van der Waals surface area contributed by atoms with E-state index in [0.717, 1.165) is 37.2 Å². The number of anilines is 1. The van der Waals surface area contributed by atoms with Crippen molar-refractivity contribution in [3.8, 4) is 0 Å². The summed E-state index contributed by atoms with van der Waals surface area (Å²) in [5.41, 5.74) is 1.85. The maximum Gasteiger partial charge on any atom is 0.228 e. The number of rotatable bonds is 2. The van der Waals surface area contributed by atoms with Crippen molar-refractivity contribution < 1.29 is 4.79 Å². The summed E-state index contributed by atoms with van der Waals surface area (Å²) in [6.07, 6.45) is 2.03. The van der Waals surface area contributed by atoms with Gasteiger partial charge in [-0.15, -0.1) is 0 Å². The van der Waals surface area contributed by atoms with Gasteiger partial charge in [0.2, 0.25) is 5.91 Å². The molecule has 1 fully saturated rings. The van der Waals surface area contributed by atoms with Crippen molar-refractivity contribution in [1.29, 1.82) is 0 Å². The van der Waals surface area contributed by atoms with Crippen molar-refractivity contribution in [2.24, 2.45) is 5.92 Å². The minimum absolute atomic E-state index is 0.0822. The molecule has 4 heteroatoms. The molecule has 1 amide bonds. The maximum absolute atomic E-state index is 12.0. The van der Waals surface area contributed by atoms with Crippen LogP contribution < -0.4 is 10.6 Å². The normalized spacial score (nSPS) is 20.0. The van der Waals surface area contributed by atoms with Gasteiger partial charge in [0.15, 0.2) is 0 Å². The fraction of sp³-hybridized carbons (Fsp3) is 0.462. The molecule has 0 saturated carbocycles. The molecule has 0 spiro atoms. The number of carbonyl (C=O) groups is 1. The van der Waals surface area contributed by atoms with Gasteiger partial charge in [-0.25, -0.2) is 0 Å². The Morgan fingerprint density at radius 2 is 2.35 bits per heavy atom. The molecule has 0 unspecified atom stereocenters. The molecule has 1 aliphatic heterocycles. The molecule has 1 aromatic carbocycles. The second-order valence-corrected chi connectivity index (χ2v) is 4.93. The van der Waals surface area contributed by atoms with Crippen LogP contribution in [0.3, 0.4) is 0 Å². The zero-order chi connectivity index (χ0) is 12.3. The van der Waals surface area contributed by atoms with Gasteiger partial charge in [0.05, 0.1) is 5.92 Å². The fourth-order valence-corrected chi connectivity index (χ4v) is 2.30. The zero-order valence-corrected chi connectivity index (χ0v) is 10.7. The highest BCUT2D eigenvalue weighted by molar-refractivity contribution is 6.30. The van der Waals surface area contributed by atoms with E-state index in [4.69, 9.17) is 11.6 Å². The van der Waals surface area contributed by atoms with E-state index in [1.54, 1.807) is 6.07 Å². The number of nitrogens with one attached hydrogen (secondary N) is 2. The first-order valence-electron chi connectivity index (χ1n) is 5.94. The number of aryl methyl sites for hydroxylation is 1. The molecule has 1 atom stereocenters. The van der Waals surface area contributed by atoms with E-state index in [1.807, 2.05) is 19.1 Å². The number of hydrogen-bond acceptors (Lipinski definition) is 2. The van der Waals surface area contributed by atoms with Crippen molar-refractivity contribution in [2.75, 3.05) is 18.4 Å². The summed E-state index contributed by atoms with van der Waals surface area (Å²) in [7, 11) is 0. The Labute approximate surface area is 107 Å². The second-order valence-electron chi connectivity index (χ2n) is 4.49. The Hall–Kier alpha value is -1.06. The van der Waals surface area contributed by atoms with Crippen molar-refractivity contribution in [3.05, 3.63) is 28.8 Å². The monoisotopic (exact) mass is 252 g/mol. The number of benzene rings is 1. The SMILES string of the molecule is Cc1cc(Cl)ccc1NC(=O)[C@H]1CCCNC1. The highest BCUT2D eigenvalue weighted by Crippen LogP contribution is 2.21. The van der Waals surface area contributed by atoms with Gasteiger partial charge in [0.25, 0.3) is 0 Å². The average Bonchev–Trinajstić information content (AvgIpc) is 2.34. The molecule has 2 N–H and O–H groups in total. The molecule has 1 aromatic rings. The minimum atomic E-state index is 0.0822. The van der Waals surface area contributed by atoms with E-state index >= 15 is 0 Å². The summed E-state index contributed by atoms with van der Waals surface area (Å²) >= 11 is 5.88. The molecule has 2 rings (SSSR count). The Bertz CT molecular complexity index is 414. The third-order valence-corrected chi connectivity index (χ3v) is 3.35. The van der Waals surface area contributed by atoms with E-state index in [1.165, 1.54) is 0 Å². The van der Waals surface area contributed by atoms with Gasteiger partial charge in [-0.05, 0) is 50.1 Å². The molecule has 0 radical (unpaired) electrons. The van der Waals surface area contributed by atoms with E-state index in [2.05, 4.69) is 10.6 Å². The lowest BCUT2D eigenvalue weighted by Gasteiger charge is -2.22. The minimum Gasteiger partial charge on any atom is -0.326 e. The molecule has 0 aromatic heterocycles. The van der Waals surface area contributed by atoms with Crippen LogP contribution in [0.15, 0.2) is 18.2 Å². The highest BCUT2D eigenvalue weighted by Gasteiger charge is 2.21. The van der Waals surface area contributed by atoms with Crippen LogP contribution in [0.25, 0.3) is 0 Å². The summed E-state index contributed by atoms with van der Waals surface area (Å²) in [5.74, 6) is 0.182. The van der Waals surface area contributed by atoms with Crippen molar-refractivity contribution in [1.82, 2.24) is 5.32 Å². The Kier molecular flexibility index (Phi) is 4.02. The van der Waals surface area contributed by atoms with E-state index < -0.39 is 0 Å². The number of carbonyl (C=O) groups excluding carboxylic acids is 1. The standard InChI is InChI=1S/C13H17ClN2O/c1-9-7-11(14)4-5-12(9)16-13(17)10-3-2-6-15-8-10/h4-5,7,10,15H,2-3,6,8H2,1H3,(H,16,17)/t10-/m0/s1. The first-order valence-corrected chi connectivity index (χ1v) is 6.32. The van der Waals surface area contributed by atoms with Gasteiger partial charge in [0.1, 0.15) is 0 Å². The Balaban J connectivity index is 2.02. The molecule has 92 valence electrons. The summed E-state index contributed by atoms with van der Waals surface area (Å²) in [5, 5.41) is 6.91. The van der Waals surface area contributed by atoms with Gasteiger partial charge in [0, 0.05) is 17.3 Å². The van der Waals surface area contributed by atoms with Crippen molar-refractivity contribution >= 4 is 23.2 Å². The first-order chi connectivity index (χ1) is 8.16. The van der Waals surface area contributed by atoms with Crippen LogP contribution in [-0.2, 0) is 4.79 Å². The van der Waals surface area contributed by atoms with Crippen LogP contribution in [0.1, 0.15) is 18.4 Å². The third kappa shape index (κ3) is 3.20. The quantitative estimate of drug-likeness (QED) is 0.850. The lowest BCUT2D eigenvalue weighted by atomic mass is 9.98. The number of hydrogen-bond donors (Lipinski definition) is 2. The highest BCUT2D eigenvalue weighted by atomic mass is 35.5. The van der Waals surface area contributed by atoms with E-state index in [0.29, 0.717) is 5.02 Å². The predicted octanol–water partition coefficient (Wildman–Crippen LogP) is 2.59. The molecule has 0 bridgehead atoms. The molecule has 0 aliphatic carbocycles. The zero-order valence-electron chi connectivity index (χ0n) is 9.92. The van der Waals surface area contributed by atoms with Gasteiger partial charge in [-0.1, -0.05) is 11.6 Å². The van der Waals surface area contributed by atoms with E-state index in [-0.39, 0.29) is 11.8 Å². The summed E-state index contributed by atoms with van der Waals surface area (Å²) in [6.45, 7) is 3.74. The Morgan fingerprint density at radius 3 is 3.00 bits per heavy atom. The van der Waals surface area contributed by atoms with Crippen LogP contribution in [0.5, 0.6) is 0 Å². The lowest BCUT2D eigenvalue weighted by molar-refractivity contribution is -0.120. The number of amides is 1. The van der Waals surface area contributed by atoms with Crippen LogP contribution in [0.2, 0.25) is 5.02 Å². The van der Waals surface area contributed by atoms with Crippen molar-refractivity contribution in [3.63, 3.8) is 0 Å². The molecular formula is C13H17ClN2O. The van der Waals surface area contributed by atoms with Crippen LogP contribution in [0.4, 0.5) is 5.69 Å². The van der Waals surface area contributed by atoms with Crippen LogP contribution in [-0.4, -0.2) is 19.0 Å². The molecule has 3 nitrogen and oxygen atoms in total. The topological polar surface area (TPSA) is 41.1 Å². The first kappa shape index (κ1) is 12.4. The third-order valence-electron chi connectivity index (χ3n) is 3.11. The second kappa shape index (κ2) is 5.52. The van der Waals surface area contributed by atoms with Gasteiger partial charge < -0.3 is 10.6 Å². The average molecular weight is 253 g/mol. The Morgan fingerprint density at radius 1 is 1.53 bits per heavy atom. The largest absolute Gasteiger partial charge is 0.326 e. The smallest absolute Gasteiger partial charge is 0.228 e. The van der Waals surface area contributed by atoms with Gasteiger partial charge in [-0.2, -0.15) is 0 Å². The fourth-order valence-electron chi connectivity index (χ4n) is 2.08. The summed E-state index contributed by atoms with van der Waals surface area (Å²) in [4.78, 5) is 12.0. The molecule has 1 saturated heterocycles. The molecule has 17 heavy (non-hydrogen) atoms. The summed E-state index contributed by atoms with van der Waals surface area (Å²) < 4.78 is 0. The van der Waals surface area contributed by atoms with E-state index in [9.17, 15) is 4.79 Å². The molecule has 1 heterocycles.